The number of phenolic OH excluding ortho intramolecular Hbond substituents is 1. The van der Waals surface area contributed by atoms with Crippen molar-refractivity contribution in [2.45, 2.75) is 71.9 Å². The molecule has 4 aromatic rings. The Morgan fingerprint density at radius 2 is 1.57 bits per heavy atom. The number of fused-ring (bicyclic) bond motifs is 3. The second-order valence-electron chi connectivity index (χ2n) is 13.9. The number of aliphatic hydroxyl groups is 2. The third kappa shape index (κ3) is 4.80. The number of hydrogen-bond donors (Lipinski definition) is 3. The first-order valence-electron chi connectivity index (χ1n) is 15.7. The van der Waals surface area contributed by atoms with E-state index in [2.05, 4.69) is 101 Å². The van der Waals surface area contributed by atoms with Crippen LogP contribution in [0.25, 0.3) is 5.57 Å². The summed E-state index contributed by atoms with van der Waals surface area (Å²) in [4.78, 5) is 2.18. The molecule has 3 N–H and O–H groups in total. The molecule has 1 unspecified atom stereocenters. The molecule has 228 valence electrons. The molecule has 2 heterocycles. The quantitative estimate of drug-likeness (QED) is 0.176. The van der Waals surface area contributed by atoms with E-state index in [1.54, 1.807) is 12.1 Å². The second kappa shape index (κ2) is 10.7. The van der Waals surface area contributed by atoms with Crippen LogP contribution in [-0.2, 0) is 0 Å². The number of aryl methyl sites for hydroxylation is 1. The largest absolute Gasteiger partial charge is 0.508 e. The summed E-state index contributed by atoms with van der Waals surface area (Å²) in [5.41, 5.74) is 8.75. The first-order chi connectivity index (χ1) is 20.7. The van der Waals surface area contributed by atoms with Crippen molar-refractivity contribution in [3.8, 4) is 5.75 Å². The number of rotatable bonds is 5. The van der Waals surface area contributed by atoms with Gasteiger partial charge in [-0.2, -0.15) is 0 Å². The number of nitrogens with zero attached hydrogens (tertiary/aromatic N) is 2. The average Bonchev–Trinajstić information content (AvgIpc) is 2.97. The third-order valence-corrected chi connectivity index (χ3v) is 13.7. The first-order valence-corrected chi connectivity index (χ1v) is 18.7. The molecule has 0 aliphatic carbocycles. The van der Waals surface area contributed by atoms with Crippen LogP contribution in [0.3, 0.4) is 0 Å². The van der Waals surface area contributed by atoms with Crippen molar-refractivity contribution in [3.05, 3.63) is 111 Å². The van der Waals surface area contributed by atoms with Crippen LogP contribution in [-0.4, -0.2) is 42.5 Å². The Labute approximate surface area is 262 Å². The maximum Gasteiger partial charge on any atom is 0.203 e. The van der Waals surface area contributed by atoms with Gasteiger partial charge in [-0.3, -0.25) is 0 Å². The zero-order valence-corrected chi connectivity index (χ0v) is 28.2. The normalized spacial score (nSPS) is 18.1. The van der Waals surface area contributed by atoms with Gasteiger partial charge in [0.15, 0.2) is 11.8 Å². The molecule has 1 atom stereocenters. The maximum atomic E-state index is 9.91. The molecule has 6 heteroatoms. The molecule has 0 radical (unpaired) electrons. The molecular weight excluding hydrogens is 561 g/mol. The van der Waals surface area contributed by atoms with Crippen molar-refractivity contribution in [1.82, 2.24) is 4.58 Å². The summed E-state index contributed by atoms with van der Waals surface area (Å²) < 4.78 is 2.60. The maximum absolute atomic E-state index is 9.91. The van der Waals surface area contributed by atoms with E-state index >= 15 is 0 Å². The van der Waals surface area contributed by atoms with Crippen molar-refractivity contribution in [1.29, 1.82) is 0 Å². The first kappa shape index (κ1) is 30.3. The van der Waals surface area contributed by atoms with Gasteiger partial charge >= 0.3 is 0 Å². The Morgan fingerprint density at radius 3 is 2.20 bits per heavy atom. The Bertz CT molecular complexity index is 1910. The van der Waals surface area contributed by atoms with Gasteiger partial charge in [0.05, 0.1) is 0 Å². The smallest absolute Gasteiger partial charge is 0.203 e. The molecule has 44 heavy (non-hydrogen) atoms. The molecule has 0 saturated heterocycles. The van der Waals surface area contributed by atoms with Crippen molar-refractivity contribution < 1.29 is 15.3 Å². The zero-order chi connectivity index (χ0) is 31.7. The molecule has 0 fully saturated rings. The number of phenols is 1. The van der Waals surface area contributed by atoms with Gasteiger partial charge in [-0.05, 0) is 114 Å². The number of benzene rings is 4. The summed E-state index contributed by atoms with van der Waals surface area (Å²) in [7, 11) is -0.128. The van der Waals surface area contributed by atoms with E-state index in [9.17, 15) is 15.3 Å². The summed E-state index contributed by atoms with van der Waals surface area (Å²) in [6, 6.07) is 25.0. The lowest BCUT2D eigenvalue weighted by Gasteiger charge is -2.36. The highest BCUT2D eigenvalue weighted by Crippen LogP contribution is 2.33. The molecule has 4 aromatic carbocycles. The predicted molar refractivity (Wildman–Crippen MR) is 184 cm³/mol. The summed E-state index contributed by atoms with van der Waals surface area (Å²) in [5.74, 6) is 0.698. The van der Waals surface area contributed by atoms with Crippen LogP contribution < -0.4 is 30.4 Å². The summed E-state index contributed by atoms with van der Waals surface area (Å²) in [6.45, 7) is 17.4. The van der Waals surface area contributed by atoms with Crippen LogP contribution >= 0.6 is 0 Å². The monoisotopic (exact) mass is 605 g/mol. The van der Waals surface area contributed by atoms with Gasteiger partial charge in [-0.1, -0.05) is 44.3 Å². The lowest BCUT2D eigenvalue weighted by Crippen LogP contribution is -2.65. The van der Waals surface area contributed by atoms with E-state index in [4.69, 9.17) is 0 Å². The number of aliphatic hydroxyl groups excluding tert-OH is 1. The molecule has 6 rings (SSSR count). The molecule has 0 amide bonds. The topological polar surface area (TPSA) is 66.9 Å². The van der Waals surface area contributed by atoms with Crippen LogP contribution in [0, 0.1) is 6.92 Å². The van der Waals surface area contributed by atoms with E-state index in [0.29, 0.717) is 11.5 Å². The Hall–Kier alpha value is -3.71. The SMILES string of the molecule is CC[N+]1=c2cc3c(cc2C(C)CC1(C)C)=C(c1ccc(C(O)O)cc1C)c1ccc(N(C)c2ccc(O)cc2)cc1[Si]3(C)C. The fourth-order valence-corrected chi connectivity index (χ4v) is 10.9. The molecule has 2 aliphatic rings. The van der Waals surface area contributed by atoms with Gasteiger partial charge in [0.25, 0.3) is 0 Å². The fraction of sp³-hybridized carbons (Fsp3) is 0.342. The lowest BCUT2D eigenvalue weighted by atomic mass is 9.82. The lowest BCUT2D eigenvalue weighted by molar-refractivity contribution is -0.0425. The third-order valence-electron chi connectivity index (χ3n) is 10.2. The van der Waals surface area contributed by atoms with E-state index in [0.717, 1.165) is 35.5 Å². The van der Waals surface area contributed by atoms with Crippen LogP contribution in [0.2, 0.25) is 13.1 Å². The fourth-order valence-electron chi connectivity index (χ4n) is 7.86. The van der Waals surface area contributed by atoms with E-state index in [-0.39, 0.29) is 11.3 Å². The highest BCUT2D eigenvalue weighted by Gasteiger charge is 2.41. The second-order valence-corrected chi connectivity index (χ2v) is 18.2. The summed E-state index contributed by atoms with van der Waals surface area (Å²) in [5, 5.41) is 35.2. The highest BCUT2D eigenvalue weighted by atomic mass is 28.3. The van der Waals surface area contributed by atoms with Gasteiger partial charge in [0, 0.05) is 42.0 Å². The minimum absolute atomic E-state index is 0.0811. The number of anilines is 2. The van der Waals surface area contributed by atoms with Gasteiger partial charge < -0.3 is 20.2 Å². The molecule has 0 spiro atoms. The molecule has 0 bridgehead atoms. The Balaban J connectivity index is 1.70. The van der Waals surface area contributed by atoms with Crippen molar-refractivity contribution >= 4 is 35.4 Å². The van der Waals surface area contributed by atoms with E-state index in [1.807, 2.05) is 24.3 Å². The standard InChI is InChI=1S/C38H44N2O3Si/c1-9-40-33-21-35-32(20-31(33)24(3)22-38(40,4)5)36(29-16-10-25(37(42)43)18-23(29)2)30-17-13-27(19-34(30)44(35,7)8)39(6)26-11-14-28(41)15-12-26/h10-21,24,37,42-43H,9,22H2,1-8H3/p+1. The average molecular weight is 606 g/mol. The number of hydrogen-bond acceptors (Lipinski definition) is 4. The van der Waals surface area contributed by atoms with Gasteiger partial charge in [-0.25, -0.2) is 4.58 Å². The van der Waals surface area contributed by atoms with E-state index in [1.165, 1.54) is 37.6 Å². The van der Waals surface area contributed by atoms with Gasteiger partial charge in [-0.15, -0.1) is 0 Å². The Morgan fingerprint density at radius 1 is 0.909 bits per heavy atom. The van der Waals surface area contributed by atoms with Crippen LogP contribution in [0.4, 0.5) is 11.4 Å². The Kier molecular flexibility index (Phi) is 7.39. The van der Waals surface area contributed by atoms with Crippen LogP contribution in [0.15, 0.2) is 72.8 Å². The minimum Gasteiger partial charge on any atom is -0.508 e. The van der Waals surface area contributed by atoms with Crippen molar-refractivity contribution in [3.63, 3.8) is 0 Å². The molecule has 0 saturated carbocycles. The minimum atomic E-state index is -2.20. The summed E-state index contributed by atoms with van der Waals surface area (Å²) in [6.07, 6.45) is -0.395. The van der Waals surface area contributed by atoms with Gasteiger partial charge in [0.1, 0.15) is 20.4 Å². The van der Waals surface area contributed by atoms with Crippen LogP contribution in [0.1, 0.15) is 74.1 Å². The van der Waals surface area contributed by atoms with Gasteiger partial charge in [0.2, 0.25) is 5.36 Å². The zero-order valence-electron chi connectivity index (χ0n) is 27.2. The molecule has 5 nitrogen and oxygen atoms in total. The summed E-state index contributed by atoms with van der Waals surface area (Å²) >= 11 is 0. The number of aromatic hydroxyl groups is 1. The van der Waals surface area contributed by atoms with Crippen molar-refractivity contribution in [2.75, 3.05) is 18.5 Å². The highest BCUT2D eigenvalue weighted by molar-refractivity contribution is 7.01. The predicted octanol–water partition coefficient (Wildman–Crippen LogP) is 4.63. The van der Waals surface area contributed by atoms with Crippen molar-refractivity contribution in [2.24, 2.45) is 0 Å². The van der Waals surface area contributed by atoms with Crippen LogP contribution in [0.5, 0.6) is 5.75 Å². The molecule has 0 aromatic heterocycles. The van der Waals surface area contributed by atoms with E-state index < -0.39 is 14.4 Å². The molecular formula is C38H45N2O3Si+. The molecule has 2 aliphatic heterocycles.